The molecule has 0 unspecified atom stereocenters. The van der Waals surface area contributed by atoms with E-state index in [4.69, 9.17) is 23.2 Å². The highest BCUT2D eigenvalue weighted by Gasteiger charge is 2.29. The Morgan fingerprint density at radius 1 is 1.28 bits per heavy atom. The molecule has 9 heteroatoms. The summed E-state index contributed by atoms with van der Waals surface area (Å²) in [4.78, 5) is 10.8. The largest absolute Gasteiger partial charge is 0.393 e. The van der Waals surface area contributed by atoms with Crippen molar-refractivity contribution in [1.29, 1.82) is 0 Å². The molecule has 1 rings (SSSR count). The summed E-state index contributed by atoms with van der Waals surface area (Å²) in [5, 5.41) is -0.790. The molecule has 0 aliphatic carbocycles. The maximum atomic E-state index is 12.1. The van der Waals surface area contributed by atoms with Crippen LogP contribution in [-0.4, -0.2) is 11.4 Å². The number of benzene rings is 1. The fourth-order valence-corrected chi connectivity index (χ4v) is 1.50. The number of halogens is 6. The Labute approximate surface area is 118 Å². The third-order valence-electron chi connectivity index (χ3n) is 1.67. The lowest BCUT2D eigenvalue weighted by Gasteiger charge is -2.09. The summed E-state index contributed by atoms with van der Waals surface area (Å²) < 4.78 is 36.4. The van der Waals surface area contributed by atoms with E-state index in [1.807, 2.05) is 0 Å². The van der Waals surface area contributed by atoms with Crippen molar-refractivity contribution in [3.05, 3.63) is 34.3 Å². The van der Waals surface area contributed by atoms with Gasteiger partial charge in [0.15, 0.2) is 0 Å². The molecule has 18 heavy (non-hydrogen) atoms. The van der Waals surface area contributed by atoms with Crippen LogP contribution >= 0.6 is 35.6 Å². The first-order chi connectivity index (χ1) is 7.79. The van der Waals surface area contributed by atoms with E-state index in [-0.39, 0.29) is 28.6 Å². The maximum Gasteiger partial charge on any atom is 0.393 e. The zero-order valence-corrected chi connectivity index (χ0v) is 11.1. The zero-order chi connectivity index (χ0) is 13.6. The molecule has 0 saturated carbocycles. The van der Waals surface area contributed by atoms with Crippen LogP contribution in [0, 0.1) is 0 Å². The Morgan fingerprint density at radius 3 is 2.17 bits per heavy atom. The molecule has 0 aliphatic rings. The van der Waals surface area contributed by atoms with Gasteiger partial charge in [-0.05, 0) is 35.4 Å². The molecule has 1 aromatic carbocycles. The molecule has 0 spiro atoms. The molecule has 0 aromatic heterocycles. The minimum atomic E-state index is -4.40. The fraction of sp³-hybridized carbons (Fsp3) is 0.222. The summed E-state index contributed by atoms with van der Waals surface area (Å²) in [6.45, 7) is 0. The molecule has 3 nitrogen and oxygen atoms in total. The third kappa shape index (κ3) is 7.03. The second-order valence-corrected chi connectivity index (χ2v) is 3.65. The first-order valence-electron chi connectivity index (χ1n) is 4.18. The van der Waals surface area contributed by atoms with E-state index in [0.29, 0.717) is 0 Å². The molecule has 4 N–H and O–H groups in total. The molecule has 0 bridgehead atoms. The molecule has 0 fully saturated rings. The number of nitrogens with two attached hydrogens (primary N) is 2. The quantitative estimate of drug-likeness (QED) is 0.499. The molecule has 1 aromatic rings. The van der Waals surface area contributed by atoms with E-state index in [1.54, 1.807) is 0 Å². The lowest BCUT2D eigenvalue weighted by molar-refractivity contribution is -0.127. The SMILES string of the molecule is Cl.NN.O=C(Cl)c1ccc(Cl)cc1CC(F)(F)F. The number of hydrazine groups is 1. The molecule has 104 valence electrons. The molecule has 0 aliphatic heterocycles. The van der Waals surface area contributed by atoms with Gasteiger partial charge in [0.25, 0.3) is 5.24 Å². The van der Waals surface area contributed by atoms with Crippen molar-refractivity contribution >= 4 is 40.9 Å². The number of rotatable bonds is 2. The molecule has 0 saturated heterocycles. The Hall–Kier alpha value is -0.530. The molecular weight excluding hydrogens is 315 g/mol. The Bertz CT molecular complexity index is 399. The Kier molecular flexibility index (Phi) is 9.41. The second kappa shape index (κ2) is 8.55. The number of alkyl halides is 3. The topological polar surface area (TPSA) is 69.1 Å². The zero-order valence-electron chi connectivity index (χ0n) is 8.80. The van der Waals surface area contributed by atoms with E-state index >= 15 is 0 Å². The van der Waals surface area contributed by atoms with Gasteiger partial charge in [-0.3, -0.25) is 16.5 Å². The number of hydrogen-bond acceptors (Lipinski definition) is 3. The normalized spacial score (nSPS) is 9.94. The van der Waals surface area contributed by atoms with Gasteiger partial charge in [0, 0.05) is 10.6 Å². The summed E-state index contributed by atoms with van der Waals surface area (Å²) in [6.07, 6.45) is -5.62. The monoisotopic (exact) mass is 324 g/mol. The molecule has 0 amide bonds. The predicted molar refractivity (Wildman–Crippen MR) is 67.0 cm³/mol. The smallest absolute Gasteiger partial charge is 0.276 e. The highest BCUT2D eigenvalue weighted by Crippen LogP contribution is 2.26. The van der Waals surface area contributed by atoms with Gasteiger partial charge in [0.05, 0.1) is 6.42 Å². The highest BCUT2D eigenvalue weighted by atomic mass is 35.5. The van der Waals surface area contributed by atoms with Crippen LogP contribution in [0.25, 0.3) is 0 Å². The van der Waals surface area contributed by atoms with E-state index in [2.05, 4.69) is 11.7 Å². The molecule has 0 radical (unpaired) electrons. The van der Waals surface area contributed by atoms with E-state index in [0.717, 1.165) is 6.07 Å². The van der Waals surface area contributed by atoms with Crippen LogP contribution in [0.3, 0.4) is 0 Å². The summed E-state index contributed by atoms with van der Waals surface area (Å²) in [6, 6.07) is 3.58. The fourth-order valence-electron chi connectivity index (χ4n) is 1.12. The molecule has 0 heterocycles. The van der Waals surface area contributed by atoms with Gasteiger partial charge in [-0.1, -0.05) is 11.6 Å². The number of carbonyl (C=O) groups is 1. The van der Waals surface area contributed by atoms with Crippen molar-refractivity contribution in [3.8, 4) is 0 Å². The van der Waals surface area contributed by atoms with Crippen molar-refractivity contribution in [2.45, 2.75) is 12.6 Å². The Morgan fingerprint density at radius 2 is 1.78 bits per heavy atom. The lowest BCUT2D eigenvalue weighted by atomic mass is 10.1. The van der Waals surface area contributed by atoms with Gasteiger partial charge in [-0.2, -0.15) is 13.2 Å². The van der Waals surface area contributed by atoms with Gasteiger partial charge in [-0.25, -0.2) is 0 Å². The van der Waals surface area contributed by atoms with Gasteiger partial charge < -0.3 is 0 Å². The van der Waals surface area contributed by atoms with Crippen LogP contribution in [-0.2, 0) is 6.42 Å². The van der Waals surface area contributed by atoms with Gasteiger partial charge in [-0.15, -0.1) is 12.4 Å². The second-order valence-electron chi connectivity index (χ2n) is 2.87. The number of hydrogen-bond donors (Lipinski definition) is 2. The van der Waals surface area contributed by atoms with Crippen molar-refractivity contribution in [1.82, 2.24) is 0 Å². The van der Waals surface area contributed by atoms with Crippen LogP contribution in [0.1, 0.15) is 15.9 Å². The first-order valence-corrected chi connectivity index (χ1v) is 4.93. The van der Waals surface area contributed by atoms with Crippen molar-refractivity contribution < 1.29 is 18.0 Å². The third-order valence-corrected chi connectivity index (χ3v) is 2.11. The minimum Gasteiger partial charge on any atom is -0.276 e. The van der Waals surface area contributed by atoms with Gasteiger partial charge in [0.2, 0.25) is 0 Å². The number of carbonyl (C=O) groups excluding carboxylic acids is 1. The van der Waals surface area contributed by atoms with Crippen LogP contribution in [0.5, 0.6) is 0 Å². The minimum absolute atomic E-state index is 0. The standard InChI is InChI=1S/C9H5Cl2F3O.ClH.H4N2/c10-6-1-2-7(8(11)15)5(3-6)4-9(12,13)14;;1-2/h1-3H,4H2;1H;1-2H2. The lowest BCUT2D eigenvalue weighted by Crippen LogP contribution is -2.13. The summed E-state index contributed by atoms with van der Waals surface area (Å²) in [5.41, 5.74) is -0.381. The summed E-state index contributed by atoms with van der Waals surface area (Å²) in [5.74, 6) is 8.00. The average molecular weight is 326 g/mol. The summed E-state index contributed by atoms with van der Waals surface area (Å²) in [7, 11) is 0. The first kappa shape index (κ1) is 19.8. The van der Waals surface area contributed by atoms with Crippen LogP contribution in [0.15, 0.2) is 18.2 Å². The van der Waals surface area contributed by atoms with Crippen molar-refractivity contribution in [2.75, 3.05) is 0 Å². The van der Waals surface area contributed by atoms with Crippen LogP contribution < -0.4 is 11.7 Å². The van der Waals surface area contributed by atoms with Gasteiger partial charge in [0.1, 0.15) is 0 Å². The maximum absolute atomic E-state index is 12.1. The van der Waals surface area contributed by atoms with E-state index in [1.165, 1.54) is 12.1 Å². The Balaban J connectivity index is 0. The molecular formula is C9H10Cl3F3N2O. The van der Waals surface area contributed by atoms with Crippen molar-refractivity contribution in [3.63, 3.8) is 0 Å². The van der Waals surface area contributed by atoms with Gasteiger partial charge >= 0.3 is 6.18 Å². The average Bonchev–Trinajstić information content (AvgIpc) is 2.17. The van der Waals surface area contributed by atoms with Crippen LogP contribution in [0.2, 0.25) is 5.02 Å². The van der Waals surface area contributed by atoms with Crippen LogP contribution in [0.4, 0.5) is 13.2 Å². The molecule has 0 atom stereocenters. The highest BCUT2D eigenvalue weighted by molar-refractivity contribution is 6.68. The van der Waals surface area contributed by atoms with E-state index in [9.17, 15) is 18.0 Å². The van der Waals surface area contributed by atoms with Crippen molar-refractivity contribution in [2.24, 2.45) is 11.7 Å². The van der Waals surface area contributed by atoms with E-state index < -0.39 is 17.8 Å². The summed E-state index contributed by atoms with van der Waals surface area (Å²) >= 11 is 10.7. The predicted octanol–water partition coefficient (Wildman–Crippen LogP) is 3.06.